The van der Waals surface area contributed by atoms with Crippen molar-refractivity contribution in [3.05, 3.63) is 0 Å². The normalized spacial score (nSPS) is 24.2. The maximum Gasteiger partial charge on any atom is 0.219 e. The Labute approximate surface area is 129 Å². The van der Waals surface area contributed by atoms with Crippen LogP contribution in [0.5, 0.6) is 0 Å². The number of piperidine rings is 2. The molecule has 0 aromatic carbocycles. The van der Waals surface area contributed by atoms with Gasteiger partial charge in [0.15, 0.2) is 0 Å². The molecule has 2 aliphatic rings. The molecule has 4 heteroatoms. The van der Waals surface area contributed by atoms with E-state index < -0.39 is 0 Å². The van der Waals surface area contributed by atoms with Crippen LogP contribution in [0.1, 0.15) is 58.8 Å². The van der Waals surface area contributed by atoms with Gasteiger partial charge in [-0.3, -0.25) is 4.79 Å². The third-order valence-corrected chi connectivity index (χ3v) is 5.40. The number of hydrogen-bond donors (Lipinski definition) is 1. The predicted octanol–water partition coefficient (Wildman–Crippen LogP) is 2.26. The number of rotatable bonds is 5. The molecule has 0 radical (unpaired) electrons. The highest BCUT2D eigenvalue weighted by Crippen LogP contribution is 2.27. The summed E-state index contributed by atoms with van der Waals surface area (Å²) in [6.07, 6.45) is 7.70. The molecule has 4 nitrogen and oxygen atoms in total. The number of aliphatic hydroxyl groups is 1. The largest absolute Gasteiger partial charge is 0.393 e. The zero-order valence-electron chi connectivity index (χ0n) is 13.8. The Kier molecular flexibility index (Phi) is 6.49. The van der Waals surface area contributed by atoms with Gasteiger partial charge in [0.2, 0.25) is 5.91 Å². The van der Waals surface area contributed by atoms with Crippen molar-refractivity contribution in [1.29, 1.82) is 0 Å². The summed E-state index contributed by atoms with van der Waals surface area (Å²) in [6.45, 7) is 7.93. The van der Waals surface area contributed by atoms with E-state index in [9.17, 15) is 9.90 Å². The van der Waals surface area contributed by atoms with Gasteiger partial charge < -0.3 is 14.9 Å². The van der Waals surface area contributed by atoms with Gasteiger partial charge in [-0.15, -0.1) is 0 Å². The first-order valence-electron chi connectivity index (χ1n) is 8.79. The predicted molar refractivity (Wildman–Crippen MR) is 85.1 cm³/mol. The standard InChI is InChI=1S/C17H32N2O2/c1-3-4-5-17(21)15-6-10-19(11-7-15)16-8-12-18(13-9-16)14(2)20/h15-17,21H,3-13H2,1-2H3/t17-/m1/s1. The second-order valence-corrected chi connectivity index (χ2v) is 6.82. The molecular weight excluding hydrogens is 264 g/mol. The lowest BCUT2D eigenvalue weighted by molar-refractivity contribution is -0.130. The Morgan fingerprint density at radius 1 is 1.14 bits per heavy atom. The van der Waals surface area contributed by atoms with E-state index in [4.69, 9.17) is 0 Å². The second kappa shape index (κ2) is 8.14. The third-order valence-electron chi connectivity index (χ3n) is 5.40. The van der Waals surface area contributed by atoms with E-state index in [0.717, 1.165) is 64.7 Å². The molecule has 1 atom stereocenters. The van der Waals surface area contributed by atoms with Crippen molar-refractivity contribution in [3.63, 3.8) is 0 Å². The lowest BCUT2D eigenvalue weighted by Crippen LogP contribution is -2.49. The number of unbranched alkanes of at least 4 members (excludes halogenated alkanes) is 1. The van der Waals surface area contributed by atoms with Crippen LogP contribution in [0.2, 0.25) is 0 Å². The fourth-order valence-electron chi connectivity index (χ4n) is 3.86. The van der Waals surface area contributed by atoms with E-state index in [0.29, 0.717) is 12.0 Å². The highest BCUT2D eigenvalue weighted by atomic mass is 16.3. The second-order valence-electron chi connectivity index (χ2n) is 6.82. The summed E-state index contributed by atoms with van der Waals surface area (Å²) in [5.74, 6) is 0.719. The van der Waals surface area contributed by atoms with Gasteiger partial charge in [-0.25, -0.2) is 0 Å². The zero-order valence-corrected chi connectivity index (χ0v) is 13.8. The maximum atomic E-state index is 11.4. The van der Waals surface area contributed by atoms with Crippen LogP contribution in [0.25, 0.3) is 0 Å². The summed E-state index contributed by atoms with van der Waals surface area (Å²) >= 11 is 0. The average Bonchev–Trinajstić information content (AvgIpc) is 2.53. The average molecular weight is 296 g/mol. The molecule has 2 saturated heterocycles. The van der Waals surface area contributed by atoms with Crippen molar-refractivity contribution in [1.82, 2.24) is 9.80 Å². The van der Waals surface area contributed by atoms with Crippen molar-refractivity contribution in [3.8, 4) is 0 Å². The molecule has 122 valence electrons. The number of nitrogens with zero attached hydrogens (tertiary/aromatic N) is 2. The number of hydrogen-bond acceptors (Lipinski definition) is 3. The first-order valence-corrected chi connectivity index (χ1v) is 8.79. The highest BCUT2D eigenvalue weighted by molar-refractivity contribution is 5.73. The molecule has 2 aliphatic heterocycles. The summed E-state index contributed by atoms with van der Waals surface area (Å²) < 4.78 is 0. The lowest BCUT2D eigenvalue weighted by atomic mass is 9.87. The SMILES string of the molecule is CCCC[C@@H](O)C1CCN(C2CCN(C(C)=O)CC2)CC1. The molecule has 0 bridgehead atoms. The molecule has 2 fully saturated rings. The third kappa shape index (κ3) is 4.68. The fraction of sp³-hybridized carbons (Fsp3) is 0.941. The summed E-state index contributed by atoms with van der Waals surface area (Å²) in [5.41, 5.74) is 0. The van der Waals surface area contributed by atoms with E-state index >= 15 is 0 Å². The smallest absolute Gasteiger partial charge is 0.219 e. The van der Waals surface area contributed by atoms with Crippen molar-refractivity contribution in [2.45, 2.75) is 70.9 Å². The maximum absolute atomic E-state index is 11.4. The van der Waals surface area contributed by atoms with Crippen molar-refractivity contribution >= 4 is 5.91 Å². The van der Waals surface area contributed by atoms with Gasteiger partial charge in [-0.05, 0) is 51.1 Å². The number of aliphatic hydroxyl groups excluding tert-OH is 1. The molecule has 1 amide bonds. The number of likely N-dealkylation sites (tertiary alicyclic amines) is 2. The van der Waals surface area contributed by atoms with Crippen LogP contribution in [0.4, 0.5) is 0 Å². The summed E-state index contributed by atoms with van der Waals surface area (Å²) in [4.78, 5) is 15.9. The summed E-state index contributed by atoms with van der Waals surface area (Å²) in [7, 11) is 0. The van der Waals surface area contributed by atoms with Crippen LogP contribution in [-0.2, 0) is 4.79 Å². The van der Waals surface area contributed by atoms with Crippen molar-refractivity contribution < 1.29 is 9.90 Å². The Morgan fingerprint density at radius 2 is 1.76 bits per heavy atom. The molecule has 0 unspecified atom stereocenters. The quantitative estimate of drug-likeness (QED) is 0.846. The van der Waals surface area contributed by atoms with E-state index in [1.54, 1.807) is 6.92 Å². The lowest BCUT2D eigenvalue weighted by Gasteiger charge is -2.42. The van der Waals surface area contributed by atoms with Gasteiger partial charge in [0.1, 0.15) is 0 Å². The van der Waals surface area contributed by atoms with Gasteiger partial charge in [0.05, 0.1) is 6.10 Å². The Morgan fingerprint density at radius 3 is 2.29 bits per heavy atom. The highest BCUT2D eigenvalue weighted by Gasteiger charge is 2.30. The zero-order chi connectivity index (χ0) is 15.2. The van der Waals surface area contributed by atoms with Gasteiger partial charge in [0, 0.05) is 26.1 Å². The number of carbonyl (C=O) groups is 1. The monoisotopic (exact) mass is 296 g/mol. The van der Waals surface area contributed by atoms with Crippen LogP contribution >= 0.6 is 0 Å². The molecule has 0 aromatic heterocycles. The molecular formula is C17H32N2O2. The van der Waals surface area contributed by atoms with Crippen molar-refractivity contribution in [2.75, 3.05) is 26.2 Å². The minimum atomic E-state index is -0.0911. The summed E-state index contributed by atoms with van der Waals surface area (Å²) in [5, 5.41) is 10.2. The van der Waals surface area contributed by atoms with Crippen LogP contribution < -0.4 is 0 Å². The van der Waals surface area contributed by atoms with Crippen LogP contribution in [0, 0.1) is 5.92 Å². The molecule has 1 N–H and O–H groups in total. The minimum Gasteiger partial charge on any atom is -0.393 e. The van der Waals surface area contributed by atoms with Crippen molar-refractivity contribution in [2.24, 2.45) is 5.92 Å². The number of carbonyl (C=O) groups excluding carboxylic acids is 1. The molecule has 0 saturated carbocycles. The van der Waals surface area contributed by atoms with Gasteiger partial charge in [0.25, 0.3) is 0 Å². The van der Waals surface area contributed by atoms with E-state index in [1.165, 1.54) is 6.42 Å². The first kappa shape index (κ1) is 16.8. The molecule has 0 aromatic rings. The summed E-state index contributed by atoms with van der Waals surface area (Å²) in [6, 6.07) is 0.648. The van der Waals surface area contributed by atoms with Gasteiger partial charge in [-0.1, -0.05) is 19.8 Å². The molecule has 2 heterocycles. The Hall–Kier alpha value is -0.610. The minimum absolute atomic E-state index is 0.0911. The Balaban J connectivity index is 1.71. The number of amides is 1. The Bertz CT molecular complexity index is 319. The molecule has 2 rings (SSSR count). The van der Waals surface area contributed by atoms with Crippen LogP contribution in [0.3, 0.4) is 0 Å². The first-order chi connectivity index (χ1) is 10.1. The van der Waals surface area contributed by atoms with E-state index in [1.807, 2.05) is 4.90 Å². The van der Waals surface area contributed by atoms with E-state index in [2.05, 4.69) is 11.8 Å². The van der Waals surface area contributed by atoms with Gasteiger partial charge in [-0.2, -0.15) is 0 Å². The van der Waals surface area contributed by atoms with Gasteiger partial charge >= 0.3 is 0 Å². The fourth-order valence-corrected chi connectivity index (χ4v) is 3.86. The molecule has 21 heavy (non-hydrogen) atoms. The topological polar surface area (TPSA) is 43.8 Å². The van der Waals surface area contributed by atoms with Crippen LogP contribution in [-0.4, -0.2) is 59.1 Å². The molecule has 0 aliphatic carbocycles. The molecule has 0 spiro atoms. The van der Waals surface area contributed by atoms with E-state index in [-0.39, 0.29) is 12.0 Å². The van der Waals surface area contributed by atoms with Crippen LogP contribution in [0.15, 0.2) is 0 Å².